The van der Waals surface area contributed by atoms with Gasteiger partial charge in [-0.3, -0.25) is 4.84 Å². The first-order chi connectivity index (χ1) is 20.9. The Kier molecular flexibility index (Phi) is 8.24. The fraction of sp³-hybridized carbons (Fsp3) is 0.364. The summed E-state index contributed by atoms with van der Waals surface area (Å²) in [6, 6.07) is 19.4. The maximum atomic E-state index is 12.3. The number of carboxylic acids is 1. The van der Waals surface area contributed by atoms with Crippen LogP contribution < -0.4 is 4.90 Å². The molecule has 0 spiro atoms. The van der Waals surface area contributed by atoms with Gasteiger partial charge in [-0.1, -0.05) is 56.3 Å². The fourth-order valence-electron chi connectivity index (χ4n) is 5.83. The van der Waals surface area contributed by atoms with Gasteiger partial charge in [0.15, 0.2) is 11.3 Å². The summed E-state index contributed by atoms with van der Waals surface area (Å²) in [7, 11) is 0. The molecule has 0 saturated carbocycles. The van der Waals surface area contributed by atoms with E-state index in [1.807, 2.05) is 47.1 Å². The van der Waals surface area contributed by atoms with Gasteiger partial charge in [0.05, 0.1) is 36.9 Å². The Labute approximate surface area is 250 Å². The van der Waals surface area contributed by atoms with Crippen LogP contribution in [0.2, 0.25) is 0 Å². The van der Waals surface area contributed by atoms with Crippen LogP contribution in [0.15, 0.2) is 66.4 Å². The second-order valence-corrected chi connectivity index (χ2v) is 11.2. The molecule has 222 valence electrons. The van der Waals surface area contributed by atoms with Crippen LogP contribution in [0.4, 0.5) is 5.69 Å². The van der Waals surface area contributed by atoms with Crippen LogP contribution in [-0.2, 0) is 21.0 Å². The van der Waals surface area contributed by atoms with Crippen LogP contribution in [0.3, 0.4) is 0 Å². The van der Waals surface area contributed by atoms with Crippen molar-refractivity contribution < 1.29 is 24.3 Å². The van der Waals surface area contributed by atoms with E-state index >= 15 is 0 Å². The van der Waals surface area contributed by atoms with Crippen LogP contribution in [0.5, 0.6) is 0 Å². The lowest BCUT2D eigenvalue weighted by Crippen LogP contribution is -2.36. The number of aromatic carboxylic acids is 1. The number of hydrogen-bond donors (Lipinski definition) is 1. The number of morpholine rings is 1. The molecule has 10 heteroatoms. The highest BCUT2D eigenvalue weighted by Crippen LogP contribution is 2.38. The van der Waals surface area contributed by atoms with Crippen molar-refractivity contribution in [2.24, 2.45) is 0 Å². The van der Waals surface area contributed by atoms with Gasteiger partial charge in [0.2, 0.25) is 0 Å². The van der Waals surface area contributed by atoms with Crippen LogP contribution in [0.1, 0.15) is 60.4 Å². The predicted molar refractivity (Wildman–Crippen MR) is 162 cm³/mol. The van der Waals surface area contributed by atoms with E-state index < -0.39 is 5.97 Å². The molecule has 0 aliphatic carbocycles. The highest BCUT2D eigenvalue weighted by atomic mass is 16.7. The van der Waals surface area contributed by atoms with Gasteiger partial charge < -0.3 is 14.7 Å². The van der Waals surface area contributed by atoms with Crippen LogP contribution in [0, 0.1) is 0 Å². The first-order valence-electron chi connectivity index (χ1n) is 14.7. The topological polar surface area (TPSA) is 110 Å². The van der Waals surface area contributed by atoms with E-state index in [0.717, 1.165) is 46.5 Å². The summed E-state index contributed by atoms with van der Waals surface area (Å²) in [4.78, 5) is 37.2. The third-order valence-corrected chi connectivity index (χ3v) is 8.10. The van der Waals surface area contributed by atoms with Gasteiger partial charge in [-0.15, -0.1) is 0 Å². The summed E-state index contributed by atoms with van der Waals surface area (Å²) in [5.41, 5.74) is 5.47. The molecular weight excluding hydrogens is 546 g/mol. The number of hydroxylamine groups is 2. The lowest BCUT2D eigenvalue weighted by Gasteiger charge is -2.33. The number of carbonyl (C=O) groups excluding carboxylic acids is 1. The first kappa shape index (κ1) is 28.6. The Morgan fingerprint density at radius 1 is 1.09 bits per heavy atom. The van der Waals surface area contributed by atoms with Gasteiger partial charge in [0, 0.05) is 31.7 Å². The fourth-order valence-corrected chi connectivity index (χ4v) is 5.83. The molecule has 10 nitrogen and oxygen atoms in total. The minimum atomic E-state index is -1.11. The first-order valence-corrected chi connectivity index (χ1v) is 14.7. The van der Waals surface area contributed by atoms with Crippen molar-refractivity contribution in [2.45, 2.75) is 45.3 Å². The Morgan fingerprint density at radius 2 is 1.84 bits per heavy atom. The molecule has 0 amide bonds. The molecule has 1 atom stereocenters. The van der Waals surface area contributed by atoms with Crippen molar-refractivity contribution in [3.05, 3.63) is 83.3 Å². The summed E-state index contributed by atoms with van der Waals surface area (Å²) in [5, 5.41) is 17.5. The number of pyridine rings is 1. The van der Waals surface area contributed by atoms with Crippen LogP contribution in [-0.4, -0.2) is 69.7 Å². The van der Waals surface area contributed by atoms with Crippen LogP contribution >= 0.6 is 0 Å². The molecule has 2 aliphatic heterocycles. The van der Waals surface area contributed by atoms with Gasteiger partial charge in [0.25, 0.3) is 0 Å². The zero-order valence-corrected chi connectivity index (χ0v) is 24.4. The number of aromatic nitrogens is 3. The number of fused-ring (bicyclic) bond motifs is 1. The molecule has 2 aromatic carbocycles. The number of carbonyl (C=O) groups is 1. The van der Waals surface area contributed by atoms with Gasteiger partial charge in [-0.05, 0) is 47.2 Å². The Morgan fingerprint density at radius 3 is 2.51 bits per heavy atom. The van der Waals surface area contributed by atoms with E-state index in [4.69, 9.17) is 14.7 Å². The smallest absolute Gasteiger partial charge is 0.354 e. The Hall–Kier alpha value is -4.50. The normalized spacial score (nSPS) is 17.5. The average Bonchev–Trinajstić information content (AvgIpc) is 3.44. The third kappa shape index (κ3) is 5.90. The number of piperidine rings is 1. The average molecular weight is 582 g/mol. The molecule has 0 radical (unpaired) electrons. The number of ether oxygens (including phenoxy) is 1. The van der Waals surface area contributed by atoms with Crippen molar-refractivity contribution in [3.8, 4) is 11.1 Å². The van der Waals surface area contributed by atoms with E-state index in [9.17, 15) is 14.7 Å². The van der Waals surface area contributed by atoms with Crippen molar-refractivity contribution in [2.75, 3.05) is 37.7 Å². The zero-order chi connectivity index (χ0) is 29.9. The van der Waals surface area contributed by atoms with E-state index in [2.05, 4.69) is 41.8 Å². The number of hydrogen-bond acceptors (Lipinski definition) is 8. The number of carboxylic acid groups (broad SMARTS) is 1. The third-order valence-electron chi connectivity index (χ3n) is 8.10. The Balaban J connectivity index is 1.35. The van der Waals surface area contributed by atoms with E-state index in [1.54, 1.807) is 11.1 Å². The highest BCUT2D eigenvalue weighted by molar-refractivity contribution is 6.00. The second-order valence-electron chi connectivity index (χ2n) is 11.2. The summed E-state index contributed by atoms with van der Waals surface area (Å²) >= 11 is 0. The van der Waals surface area contributed by atoms with Crippen LogP contribution in [0.25, 0.3) is 22.2 Å². The molecule has 2 fully saturated rings. The van der Waals surface area contributed by atoms with Gasteiger partial charge in [-0.2, -0.15) is 5.10 Å². The summed E-state index contributed by atoms with van der Waals surface area (Å²) in [6.07, 6.45) is 0.978. The summed E-state index contributed by atoms with van der Waals surface area (Å²) in [5.74, 6) is 1.02. The molecule has 43 heavy (non-hydrogen) atoms. The monoisotopic (exact) mass is 581 g/mol. The maximum absolute atomic E-state index is 12.3. The zero-order valence-electron chi connectivity index (χ0n) is 24.4. The Bertz CT molecular complexity index is 1650. The number of anilines is 1. The lowest BCUT2D eigenvalue weighted by molar-refractivity contribution is -0.154. The lowest BCUT2D eigenvalue weighted by atomic mass is 9.97. The summed E-state index contributed by atoms with van der Waals surface area (Å²) in [6.45, 7) is 8.01. The van der Waals surface area contributed by atoms with Crippen molar-refractivity contribution >= 4 is 28.6 Å². The molecule has 1 unspecified atom stereocenters. The SMILES string of the molecule is CC(C)c1nn(C2CCN(OCc3ccccc3)C(=C=O)C2)c2nc(C(=O)O)cc(-c3ccc(N4CCOCC4)cc3)c12. The van der Waals surface area contributed by atoms with E-state index in [1.165, 1.54) is 0 Å². The maximum Gasteiger partial charge on any atom is 0.354 e. The quantitative estimate of drug-likeness (QED) is 0.279. The minimum Gasteiger partial charge on any atom is -0.477 e. The molecule has 2 saturated heterocycles. The molecule has 0 bridgehead atoms. The predicted octanol–water partition coefficient (Wildman–Crippen LogP) is 5.24. The molecule has 1 N–H and O–H groups in total. The number of nitrogens with zero attached hydrogens (tertiary/aromatic N) is 5. The van der Waals surface area contributed by atoms with Gasteiger partial charge in [0.1, 0.15) is 11.6 Å². The number of allylic oxidation sites excluding steroid dienone is 1. The molecule has 4 aromatic rings. The highest BCUT2D eigenvalue weighted by Gasteiger charge is 2.31. The number of benzene rings is 2. The van der Waals surface area contributed by atoms with Crippen molar-refractivity contribution in [1.29, 1.82) is 0 Å². The number of rotatable bonds is 8. The molecular formula is C33H35N5O5. The van der Waals surface area contributed by atoms with Gasteiger partial charge >= 0.3 is 5.97 Å². The molecule has 2 aromatic heterocycles. The van der Waals surface area contributed by atoms with E-state index in [-0.39, 0.29) is 17.7 Å². The largest absolute Gasteiger partial charge is 0.477 e. The second kappa shape index (κ2) is 12.4. The molecule has 2 aliphatic rings. The van der Waals surface area contributed by atoms with E-state index in [0.29, 0.717) is 50.6 Å². The van der Waals surface area contributed by atoms with Crippen molar-refractivity contribution in [3.63, 3.8) is 0 Å². The van der Waals surface area contributed by atoms with Gasteiger partial charge in [-0.25, -0.2) is 24.3 Å². The standard InChI is InChI=1S/C33H35N5O5/c1-22(2)31-30-28(24-8-10-25(11-9-24)36-14-16-42-17-15-36)19-29(33(40)41)34-32(30)38(35-31)26-12-13-37(27(18-26)20-39)43-21-23-6-4-3-5-7-23/h3-11,19,22,26H,12-18,21H2,1-2H3,(H,40,41). The molecule has 4 heterocycles. The summed E-state index contributed by atoms with van der Waals surface area (Å²) < 4.78 is 7.30. The molecule has 6 rings (SSSR count). The minimum absolute atomic E-state index is 0.0500. The van der Waals surface area contributed by atoms with Crippen molar-refractivity contribution in [1.82, 2.24) is 19.8 Å².